The van der Waals surface area contributed by atoms with Crippen molar-refractivity contribution in [3.63, 3.8) is 0 Å². The van der Waals surface area contributed by atoms with Gasteiger partial charge in [-0.1, -0.05) is 59.8 Å². The number of carboxylic acid groups (broad SMARTS) is 1. The number of hydrogen-bond donors (Lipinski definition) is 2. The highest BCUT2D eigenvalue weighted by atomic mass is 16.4. The molecule has 24 heavy (non-hydrogen) atoms. The maximum Gasteiger partial charge on any atom is 0.326 e. The summed E-state index contributed by atoms with van der Waals surface area (Å²) in [7, 11) is 0. The molecule has 2 N–H and O–H groups in total. The second-order valence-corrected chi connectivity index (χ2v) is 8.34. The van der Waals surface area contributed by atoms with E-state index in [2.05, 4.69) is 19.2 Å². The molecule has 0 aromatic carbocycles. The molecule has 0 radical (unpaired) electrons. The third kappa shape index (κ3) is 6.82. The molecular weight excluding hydrogens is 302 g/mol. The minimum absolute atomic E-state index is 0.0633. The van der Waals surface area contributed by atoms with Crippen LogP contribution in [-0.4, -0.2) is 23.0 Å². The Morgan fingerprint density at radius 2 is 1.79 bits per heavy atom. The highest BCUT2D eigenvalue weighted by Crippen LogP contribution is 2.40. The van der Waals surface area contributed by atoms with Gasteiger partial charge in [-0.05, 0) is 43.9 Å². The zero-order valence-corrected chi connectivity index (χ0v) is 16.1. The molecule has 0 bridgehead atoms. The quantitative estimate of drug-likeness (QED) is 0.602. The maximum atomic E-state index is 12.6. The zero-order chi connectivity index (χ0) is 18.2. The standard InChI is InChI=1S/C20H37NO3/c1-5-6-10-17(18(22)23)21-19(24)20(4)13-11-16(12-14-20)9-7-8-15(2)3/h15-17H,5-14H2,1-4H3,(H,21,24)(H,22,23)/t16?,17-,20?/m0/s1. The molecule has 1 aliphatic carbocycles. The number of aliphatic carboxylic acids is 1. The van der Waals surface area contributed by atoms with Crippen molar-refractivity contribution in [1.29, 1.82) is 0 Å². The molecule has 0 aromatic rings. The van der Waals surface area contributed by atoms with E-state index in [0.29, 0.717) is 6.42 Å². The summed E-state index contributed by atoms with van der Waals surface area (Å²) in [6.07, 6.45) is 10.1. The average molecular weight is 340 g/mol. The van der Waals surface area contributed by atoms with E-state index in [0.717, 1.165) is 50.4 Å². The van der Waals surface area contributed by atoms with Crippen molar-refractivity contribution in [2.24, 2.45) is 17.3 Å². The van der Waals surface area contributed by atoms with Crippen LogP contribution in [0.4, 0.5) is 0 Å². The summed E-state index contributed by atoms with van der Waals surface area (Å²) in [4.78, 5) is 24.0. The van der Waals surface area contributed by atoms with Gasteiger partial charge in [-0.2, -0.15) is 0 Å². The summed E-state index contributed by atoms with van der Waals surface area (Å²) in [5.74, 6) is 0.523. The number of nitrogens with one attached hydrogen (secondary N) is 1. The van der Waals surface area contributed by atoms with Gasteiger partial charge in [-0.3, -0.25) is 4.79 Å². The first kappa shape index (κ1) is 21.0. The van der Waals surface area contributed by atoms with E-state index < -0.39 is 17.4 Å². The predicted molar refractivity (Wildman–Crippen MR) is 97.8 cm³/mol. The summed E-state index contributed by atoms with van der Waals surface area (Å²) >= 11 is 0. The molecule has 0 aromatic heterocycles. The second kappa shape index (κ2) is 10.0. The lowest BCUT2D eigenvalue weighted by Gasteiger charge is -2.37. The molecule has 140 valence electrons. The number of hydrogen-bond acceptors (Lipinski definition) is 2. The van der Waals surface area contributed by atoms with E-state index in [4.69, 9.17) is 0 Å². The average Bonchev–Trinajstić information content (AvgIpc) is 2.52. The Hall–Kier alpha value is -1.06. The molecule has 4 heteroatoms. The van der Waals surface area contributed by atoms with Gasteiger partial charge in [-0.15, -0.1) is 0 Å². The smallest absolute Gasteiger partial charge is 0.326 e. The first-order valence-electron chi connectivity index (χ1n) is 9.82. The van der Waals surface area contributed by atoms with Crippen LogP contribution in [-0.2, 0) is 9.59 Å². The Kier molecular flexibility index (Phi) is 8.79. The van der Waals surface area contributed by atoms with Crippen LogP contribution < -0.4 is 5.32 Å². The monoisotopic (exact) mass is 339 g/mol. The van der Waals surface area contributed by atoms with E-state index in [1.54, 1.807) is 0 Å². The first-order valence-corrected chi connectivity index (χ1v) is 9.82. The Bertz CT molecular complexity index is 398. The minimum Gasteiger partial charge on any atom is -0.480 e. The normalized spacial score (nSPS) is 25.5. The van der Waals surface area contributed by atoms with E-state index in [1.165, 1.54) is 19.3 Å². The molecule has 1 atom stereocenters. The van der Waals surface area contributed by atoms with E-state index in [1.807, 2.05) is 13.8 Å². The Morgan fingerprint density at radius 3 is 2.29 bits per heavy atom. The first-order chi connectivity index (χ1) is 11.3. The summed E-state index contributed by atoms with van der Waals surface area (Å²) in [5.41, 5.74) is -0.394. The van der Waals surface area contributed by atoms with Crippen molar-refractivity contribution in [2.45, 2.75) is 97.9 Å². The largest absolute Gasteiger partial charge is 0.480 e. The Balaban J connectivity index is 2.46. The van der Waals surface area contributed by atoms with Gasteiger partial charge in [0.2, 0.25) is 5.91 Å². The molecule has 1 amide bonds. The molecule has 1 fully saturated rings. The maximum absolute atomic E-state index is 12.6. The van der Waals surface area contributed by atoms with Crippen molar-refractivity contribution < 1.29 is 14.7 Å². The van der Waals surface area contributed by atoms with Gasteiger partial charge in [-0.25, -0.2) is 4.79 Å². The molecular formula is C20H37NO3. The highest BCUT2D eigenvalue weighted by molar-refractivity contribution is 5.87. The van der Waals surface area contributed by atoms with Crippen LogP contribution in [0, 0.1) is 17.3 Å². The van der Waals surface area contributed by atoms with Crippen LogP contribution in [0.5, 0.6) is 0 Å². The number of carbonyl (C=O) groups excluding carboxylic acids is 1. The second-order valence-electron chi connectivity index (χ2n) is 8.34. The predicted octanol–water partition coefficient (Wildman–Crippen LogP) is 4.77. The summed E-state index contributed by atoms with van der Waals surface area (Å²) in [6.45, 7) is 8.56. The fourth-order valence-electron chi connectivity index (χ4n) is 3.64. The van der Waals surface area contributed by atoms with Crippen molar-refractivity contribution in [2.75, 3.05) is 0 Å². The summed E-state index contributed by atoms with van der Waals surface area (Å²) < 4.78 is 0. The third-order valence-electron chi connectivity index (χ3n) is 5.60. The lowest BCUT2D eigenvalue weighted by atomic mass is 9.70. The van der Waals surface area contributed by atoms with Crippen LogP contribution in [0.15, 0.2) is 0 Å². The summed E-state index contributed by atoms with van der Waals surface area (Å²) in [6, 6.07) is -0.738. The van der Waals surface area contributed by atoms with Crippen molar-refractivity contribution in [3.8, 4) is 0 Å². The molecule has 1 aliphatic rings. The molecule has 0 saturated heterocycles. The number of amides is 1. The van der Waals surface area contributed by atoms with Gasteiger partial charge < -0.3 is 10.4 Å². The molecule has 1 rings (SSSR count). The molecule has 0 heterocycles. The van der Waals surface area contributed by atoms with Gasteiger partial charge in [0.25, 0.3) is 0 Å². The van der Waals surface area contributed by atoms with Crippen molar-refractivity contribution >= 4 is 11.9 Å². The molecule has 0 unspecified atom stereocenters. The van der Waals surface area contributed by atoms with Crippen LogP contribution in [0.2, 0.25) is 0 Å². The van der Waals surface area contributed by atoms with Gasteiger partial charge in [0.1, 0.15) is 6.04 Å². The van der Waals surface area contributed by atoms with E-state index in [-0.39, 0.29) is 5.91 Å². The van der Waals surface area contributed by atoms with Gasteiger partial charge in [0.05, 0.1) is 0 Å². The van der Waals surface area contributed by atoms with Gasteiger partial charge in [0, 0.05) is 5.41 Å². The van der Waals surface area contributed by atoms with Gasteiger partial charge in [0.15, 0.2) is 0 Å². The molecule has 0 spiro atoms. The molecule has 0 aliphatic heterocycles. The topological polar surface area (TPSA) is 66.4 Å². The fourth-order valence-corrected chi connectivity index (χ4v) is 3.64. The van der Waals surface area contributed by atoms with Crippen LogP contribution in [0.1, 0.15) is 91.9 Å². The van der Waals surface area contributed by atoms with Crippen molar-refractivity contribution in [3.05, 3.63) is 0 Å². The van der Waals surface area contributed by atoms with E-state index >= 15 is 0 Å². The highest BCUT2D eigenvalue weighted by Gasteiger charge is 2.38. The number of rotatable bonds is 10. The van der Waals surface area contributed by atoms with Crippen molar-refractivity contribution in [1.82, 2.24) is 5.32 Å². The lowest BCUT2D eigenvalue weighted by molar-refractivity contribution is -0.144. The van der Waals surface area contributed by atoms with Crippen LogP contribution >= 0.6 is 0 Å². The summed E-state index contributed by atoms with van der Waals surface area (Å²) in [5, 5.41) is 12.1. The van der Waals surface area contributed by atoms with Gasteiger partial charge >= 0.3 is 5.97 Å². The van der Waals surface area contributed by atoms with Crippen LogP contribution in [0.25, 0.3) is 0 Å². The molecule has 4 nitrogen and oxygen atoms in total. The zero-order valence-electron chi connectivity index (χ0n) is 16.1. The Morgan fingerprint density at radius 1 is 1.17 bits per heavy atom. The lowest BCUT2D eigenvalue weighted by Crippen LogP contribution is -2.48. The third-order valence-corrected chi connectivity index (χ3v) is 5.60. The SMILES string of the molecule is CCCC[C@H](NC(=O)C1(C)CCC(CCCC(C)C)CC1)C(=O)O. The van der Waals surface area contributed by atoms with Crippen LogP contribution in [0.3, 0.4) is 0 Å². The minimum atomic E-state index is -0.914. The number of carbonyl (C=O) groups is 2. The Labute approximate surface area is 147 Å². The molecule has 1 saturated carbocycles. The van der Waals surface area contributed by atoms with E-state index in [9.17, 15) is 14.7 Å². The number of unbranched alkanes of at least 4 members (excludes halogenated alkanes) is 1. The fraction of sp³-hybridized carbons (Fsp3) is 0.900. The number of carboxylic acids is 1.